The van der Waals surface area contributed by atoms with Crippen LogP contribution >= 0.6 is 0 Å². The van der Waals surface area contributed by atoms with Gasteiger partial charge < -0.3 is 15.0 Å². The fourth-order valence-corrected chi connectivity index (χ4v) is 4.75. The first-order chi connectivity index (χ1) is 14.0. The van der Waals surface area contributed by atoms with E-state index in [1.807, 2.05) is 18.2 Å². The Balaban J connectivity index is 1.41. The molecule has 1 aliphatic heterocycles. The molecule has 0 unspecified atom stereocenters. The van der Waals surface area contributed by atoms with E-state index >= 15 is 0 Å². The van der Waals surface area contributed by atoms with Crippen molar-refractivity contribution >= 4 is 11.8 Å². The summed E-state index contributed by atoms with van der Waals surface area (Å²) in [4.78, 5) is 14.7. The van der Waals surface area contributed by atoms with E-state index in [1.165, 1.54) is 48.9 Å². The van der Waals surface area contributed by atoms with Crippen molar-refractivity contribution in [3.05, 3.63) is 59.7 Å². The summed E-state index contributed by atoms with van der Waals surface area (Å²) < 4.78 is 5.61. The van der Waals surface area contributed by atoms with Crippen LogP contribution in [0.25, 0.3) is 0 Å². The maximum atomic E-state index is 12.3. The van der Waals surface area contributed by atoms with Gasteiger partial charge in [-0.1, -0.05) is 63.4 Å². The van der Waals surface area contributed by atoms with Crippen molar-refractivity contribution in [2.75, 3.05) is 18.0 Å². The molecular weight excluding hydrogens is 360 g/mol. The molecule has 0 spiro atoms. The van der Waals surface area contributed by atoms with Gasteiger partial charge in [-0.3, -0.25) is 0 Å². The third-order valence-electron chi connectivity index (χ3n) is 6.31. The number of anilines is 1. The highest BCUT2D eigenvalue weighted by molar-refractivity contribution is 5.72. The van der Waals surface area contributed by atoms with Gasteiger partial charge in [0.25, 0.3) is 0 Å². The third kappa shape index (κ3) is 4.75. The average molecular weight is 393 g/mol. The van der Waals surface area contributed by atoms with Crippen LogP contribution in [-0.2, 0) is 12.0 Å². The van der Waals surface area contributed by atoms with Crippen LogP contribution in [0.15, 0.2) is 48.5 Å². The van der Waals surface area contributed by atoms with Crippen LogP contribution in [-0.4, -0.2) is 19.2 Å². The van der Waals surface area contributed by atoms with Crippen molar-refractivity contribution in [3.63, 3.8) is 0 Å². The van der Waals surface area contributed by atoms with E-state index < -0.39 is 0 Å². The van der Waals surface area contributed by atoms with Crippen LogP contribution in [0.3, 0.4) is 0 Å². The molecule has 0 bridgehead atoms. The van der Waals surface area contributed by atoms with E-state index in [2.05, 4.69) is 54.4 Å². The third-order valence-corrected chi connectivity index (χ3v) is 6.31. The molecule has 0 atom stereocenters. The van der Waals surface area contributed by atoms with Gasteiger partial charge in [0, 0.05) is 30.7 Å². The minimum atomic E-state index is -0.340. The molecule has 1 N–H and O–H groups in total. The standard InChI is InChI=1S/C25H32N2O2/c1-25(2)18-27(17-20-11-7-4-8-12-20)23-14-13-21(15-22(23)25)29-24(28)26-16-19-9-5-3-6-10-19/h4,7-8,11-15,19H,3,5-6,9-10,16-18H2,1-2H3,(H,26,28). The molecule has 1 saturated carbocycles. The van der Waals surface area contributed by atoms with Gasteiger partial charge in [0.1, 0.15) is 5.75 Å². The Morgan fingerprint density at radius 3 is 2.62 bits per heavy atom. The maximum absolute atomic E-state index is 12.3. The molecule has 29 heavy (non-hydrogen) atoms. The quantitative estimate of drug-likeness (QED) is 0.714. The average Bonchev–Trinajstić information content (AvgIpc) is 2.97. The van der Waals surface area contributed by atoms with Crippen molar-refractivity contribution in [2.24, 2.45) is 5.92 Å². The summed E-state index contributed by atoms with van der Waals surface area (Å²) in [6.07, 6.45) is 5.97. The maximum Gasteiger partial charge on any atom is 0.412 e. The number of carbonyl (C=O) groups is 1. The predicted molar refractivity (Wildman–Crippen MR) is 118 cm³/mol. The van der Waals surface area contributed by atoms with Gasteiger partial charge in [-0.15, -0.1) is 0 Å². The number of ether oxygens (including phenoxy) is 1. The van der Waals surface area contributed by atoms with Gasteiger partial charge in [0.2, 0.25) is 0 Å². The molecule has 1 amide bonds. The molecule has 4 nitrogen and oxygen atoms in total. The van der Waals surface area contributed by atoms with Gasteiger partial charge in [0.15, 0.2) is 0 Å². The zero-order valence-corrected chi connectivity index (χ0v) is 17.6. The number of carbonyl (C=O) groups excluding carboxylic acids is 1. The minimum absolute atomic E-state index is 0.0159. The number of benzene rings is 2. The predicted octanol–water partition coefficient (Wildman–Crippen LogP) is 5.65. The van der Waals surface area contributed by atoms with Crippen LogP contribution in [0, 0.1) is 5.92 Å². The van der Waals surface area contributed by atoms with Crippen molar-refractivity contribution in [1.82, 2.24) is 5.32 Å². The van der Waals surface area contributed by atoms with Crippen molar-refractivity contribution in [2.45, 2.75) is 57.9 Å². The van der Waals surface area contributed by atoms with Crippen molar-refractivity contribution in [3.8, 4) is 5.75 Å². The summed E-state index contributed by atoms with van der Waals surface area (Å²) in [7, 11) is 0. The zero-order chi connectivity index (χ0) is 20.3. The highest BCUT2D eigenvalue weighted by Crippen LogP contribution is 2.42. The fraction of sp³-hybridized carbons (Fsp3) is 0.480. The monoisotopic (exact) mass is 392 g/mol. The summed E-state index contributed by atoms with van der Waals surface area (Å²) in [5.74, 6) is 1.22. The highest BCUT2D eigenvalue weighted by Gasteiger charge is 2.35. The number of rotatable bonds is 5. The topological polar surface area (TPSA) is 41.6 Å². The van der Waals surface area contributed by atoms with Gasteiger partial charge >= 0.3 is 6.09 Å². The second-order valence-corrected chi connectivity index (χ2v) is 9.18. The minimum Gasteiger partial charge on any atom is -0.410 e. The van der Waals surface area contributed by atoms with E-state index in [0.29, 0.717) is 11.7 Å². The number of nitrogens with one attached hydrogen (secondary N) is 1. The molecule has 2 aromatic carbocycles. The lowest BCUT2D eigenvalue weighted by molar-refractivity contribution is 0.196. The Labute approximate surface area is 174 Å². The number of fused-ring (bicyclic) bond motifs is 1. The Bertz CT molecular complexity index is 841. The summed E-state index contributed by atoms with van der Waals surface area (Å²) in [6, 6.07) is 16.6. The van der Waals surface area contributed by atoms with E-state index in [1.54, 1.807) is 0 Å². The fourth-order valence-electron chi connectivity index (χ4n) is 4.75. The molecule has 2 aliphatic rings. The Hall–Kier alpha value is -2.49. The highest BCUT2D eigenvalue weighted by atomic mass is 16.6. The number of hydrogen-bond acceptors (Lipinski definition) is 3. The SMILES string of the molecule is CC1(C)CN(Cc2ccccc2)c2ccc(OC(=O)NCC3CCCCC3)cc21. The van der Waals surface area contributed by atoms with Crippen LogP contribution in [0.5, 0.6) is 5.75 Å². The Kier molecular flexibility index (Phi) is 5.79. The van der Waals surface area contributed by atoms with Gasteiger partial charge in [-0.25, -0.2) is 4.79 Å². The molecule has 1 fully saturated rings. The first kappa shape index (κ1) is 19.8. The first-order valence-corrected chi connectivity index (χ1v) is 10.9. The van der Waals surface area contributed by atoms with E-state index in [4.69, 9.17) is 4.74 Å². The second kappa shape index (κ2) is 8.48. The van der Waals surface area contributed by atoms with E-state index in [-0.39, 0.29) is 11.5 Å². The van der Waals surface area contributed by atoms with Gasteiger partial charge in [0.05, 0.1) is 0 Å². The molecule has 4 heteroatoms. The lowest BCUT2D eigenvalue weighted by atomic mass is 9.87. The number of hydrogen-bond donors (Lipinski definition) is 1. The molecular formula is C25H32N2O2. The van der Waals surface area contributed by atoms with Crippen LogP contribution in [0.2, 0.25) is 0 Å². The Morgan fingerprint density at radius 1 is 1.10 bits per heavy atom. The molecule has 154 valence electrons. The molecule has 2 aromatic rings. The molecule has 0 radical (unpaired) electrons. The van der Waals surface area contributed by atoms with Crippen molar-refractivity contribution in [1.29, 1.82) is 0 Å². The van der Waals surface area contributed by atoms with Crippen molar-refractivity contribution < 1.29 is 9.53 Å². The van der Waals surface area contributed by atoms with Crippen LogP contribution in [0.4, 0.5) is 10.5 Å². The lowest BCUT2D eigenvalue weighted by Gasteiger charge is -2.22. The lowest BCUT2D eigenvalue weighted by Crippen LogP contribution is -2.32. The van der Waals surface area contributed by atoms with Gasteiger partial charge in [-0.2, -0.15) is 0 Å². The number of amides is 1. The van der Waals surface area contributed by atoms with Crippen LogP contribution in [0.1, 0.15) is 57.1 Å². The molecule has 1 heterocycles. The summed E-state index contributed by atoms with van der Waals surface area (Å²) >= 11 is 0. The summed E-state index contributed by atoms with van der Waals surface area (Å²) in [6.45, 7) is 7.07. The number of nitrogens with zero attached hydrogens (tertiary/aromatic N) is 1. The zero-order valence-electron chi connectivity index (χ0n) is 17.6. The largest absolute Gasteiger partial charge is 0.412 e. The molecule has 4 rings (SSSR count). The van der Waals surface area contributed by atoms with E-state index in [0.717, 1.165) is 19.6 Å². The second-order valence-electron chi connectivity index (χ2n) is 9.18. The summed E-state index contributed by atoms with van der Waals surface area (Å²) in [5.41, 5.74) is 3.79. The van der Waals surface area contributed by atoms with Crippen LogP contribution < -0.4 is 15.0 Å². The van der Waals surface area contributed by atoms with Gasteiger partial charge in [-0.05, 0) is 48.1 Å². The smallest absolute Gasteiger partial charge is 0.410 e. The Morgan fingerprint density at radius 2 is 1.86 bits per heavy atom. The molecule has 0 aromatic heterocycles. The molecule has 0 saturated heterocycles. The normalized spacial score (nSPS) is 18.3. The molecule has 1 aliphatic carbocycles. The van der Waals surface area contributed by atoms with E-state index in [9.17, 15) is 4.79 Å². The summed E-state index contributed by atoms with van der Waals surface area (Å²) in [5, 5.41) is 2.96. The first-order valence-electron chi connectivity index (χ1n) is 10.9.